The summed E-state index contributed by atoms with van der Waals surface area (Å²) < 4.78 is 15.9. The average molecular weight is 606 g/mol. The van der Waals surface area contributed by atoms with E-state index in [9.17, 15) is 14.4 Å². The second kappa shape index (κ2) is 14.3. The molecule has 0 saturated heterocycles. The van der Waals surface area contributed by atoms with Crippen LogP contribution in [0.25, 0.3) is 6.08 Å². The Bertz CT molecular complexity index is 1570. The van der Waals surface area contributed by atoms with Crippen LogP contribution in [0.5, 0.6) is 11.5 Å². The van der Waals surface area contributed by atoms with E-state index in [0.29, 0.717) is 39.2 Å². The van der Waals surface area contributed by atoms with Crippen LogP contribution in [-0.2, 0) is 9.59 Å². The summed E-state index contributed by atoms with van der Waals surface area (Å²) in [6.07, 6.45) is 2.92. The van der Waals surface area contributed by atoms with Crippen molar-refractivity contribution in [2.45, 2.75) is 17.1 Å². The number of halogens is 1. The Balaban J connectivity index is 1.40. The van der Waals surface area contributed by atoms with Crippen molar-refractivity contribution < 1.29 is 28.3 Å². The number of anilines is 2. The van der Waals surface area contributed by atoms with Gasteiger partial charge in [-0.15, -0.1) is 11.8 Å². The molecule has 0 aliphatic heterocycles. The van der Waals surface area contributed by atoms with E-state index in [1.165, 1.54) is 38.3 Å². The van der Waals surface area contributed by atoms with E-state index in [1.807, 2.05) is 0 Å². The molecule has 0 bridgehead atoms. The molecule has 4 aromatic rings. The minimum absolute atomic E-state index is 0.0108. The summed E-state index contributed by atoms with van der Waals surface area (Å²) in [6, 6.07) is 22.1. The average Bonchev–Trinajstić information content (AvgIpc) is 3.51. The molecule has 0 spiro atoms. The third kappa shape index (κ3) is 7.96. The van der Waals surface area contributed by atoms with Crippen LogP contribution in [0.4, 0.5) is 11.4 Å². The van der Waals surface area contributed by atoms with Crippen LogP contribution < -0.4 is 25.4 Å². The quantitative estimate of drug-likeness (QED) is 0.132. The Kier molecular flexibility index (Phi) is 10.3. The summed E-state index contributed by atoms with van der Waals surface area (Å²) in [7, 11) is 2.98. The van der Waals surface area contributed by atoms with Crippen LogP contribution in [0.15, 0.2) is 100 Å². The number of ether oxygens (including phenoxy) is 2. The number of methoxy groups -OCH3 is 2. The molecule has 4 rings (SSSR count). The van der Waals surface area contributed by atoms with Crippen LogP contribution in [0.2, 0.25) is 5.02 Å². The number of benzene rings is 3. The summed E-state index contributed by atoms with van der Waals surface area (Å²) in [5.41, 5.74) is 1.34. The van der Waals surface area contributed by atoms with Crippen LogP contribution in [0.3, 0.4) is 0 Å². The summed E-state index contributed by atoms with van der Waals surface area (Å²) in [5.74, 6) is 0.0412. The van der Waals surface area contributed by atoms with Crippen molar-refractivity contribution in [3.8, 4) is 11.5 Å². The van der Waals surface area contributed by atoms with E-state index >= 15 is 0 Å². The van der Waals surface area contributed by atoms with Gasteiger partial charge in [0.05, 0.1) is 36.4 Å². The highest BCUT2D eigenvalue weighted by Crippen LogP contribution is 2.36. The van der Waals surface area contributed by atoms with Crippen LogP contribution in [0, 0.1) is 0 Å². The monoisotopic (exact) mass is 605 g/mol. The fourth-order valence-electron chi connectivity index (χ4n) is 3.72. The molecule has 0 saturated carbocycles. The van der Waals surface area contributed by atoms with Crippen LogP contribution in [0.1, 0.15) is 23.0 Å². The van der Waals surface area contributed by atoms with Gasteiger partial charge in [-0.3, -0.25) is 14.4 Å². The number of carbonyl (C=O) groups is 3. The Labute approximate surface area is 252 Å². The molecule has 11 heteroatoms. The van der Waals surface area contributed by atoms with Gasteiger partial charge in [-0.25, -0.2) is 0 Å². The topological polar surface area (TPSA) is 119 Å². The Morgan fingerprint density at radius 1 is 0.905 bits per heavy atom. The van der Waals surface area contributed by atoms with Gasteiger partial charge in [-0.1, -0.05) is 29.8 Å². The van der Waals surface area contributed by atoms with Gasteiger partial charge in [-0.2, -0.15) is 0 Å². The van der Waals surface area contributed by atoms with Gasteiger partial charge in [0.15, 0.2) is 0 Å². The fourth-order valence-corrected chi connectivity index (χ4v) is 4.83. The molecular formula is C31H28ClN3O6S. The molecule has 3 aromatic carbocycles. The smallest absolute Gasteiger partial charge is 0.272 e. The molecule has 42 heavy (non-hydrogen) atoms. The van der Waals surface area contributed by atoms with E-state index < -0.39 is 17.1 Å². The standard InChI is InChI=1S/C31H28ClN3O6S/c1-19(29(36)34-25-17-24(32)27(39-2)18-28(25)40-3)42-23-13-11-21(12-14-23)33-31(38)26(16-22-10-7-15-41-22)35-30(37)20-8-5-4-6-9-20/h4-19H,1-3H3,(H,33,38)(H,34,36)(H,35,37)/b26-16-. The molecule has 1 unspecified atom stereocenters. The highest BCUT2D eigenvalue weighted by Gasteiger charge is 2.19. The normalized spacial score (nSPS) is 11.8. The maximum atomic E-state index is 13.1. The number of nitrogens with one attached hydrogen (secondary N) is 3. The van der Waals surface area contributed by atoms with Gasteiger partial charge in [0.2, 0.25) is 5.91 Å². The van der Waals surface area contributed by atoms with Crippen molar-refractivity contribution in [2.24, 2.45) is 0 Å². The highest BCUT2D eigenvalue weighted by atomic mass is 35.5. The van der Waals surface area contributed by atoms with E-state index in [1.54, 1.807) is 85.8 Å². The summed E-state index contributed by atoms with van der Waals surface area (Å²) in [6.45, 7) is 1.77. The second-order valence-corrected chi connectivity index (χ2v) is 10.6. The van der Waals surface area contributed by atoms with Gasteiger partial charge < -0.3 is 29.8 Å². The SMILES string of the molecule is COc1cc(OC)c(NC(=O)C(C)Sc2ccc(NC(=O)/C(=C/c3ccco3)NC(=O)c3ccccc3)cc2)cc1Cl. The second-order valence-electron chi connectivity index (χ2n) is 8.81. The fraction of sp³-hybridized carbons (Fsp3) is 0.129. The number of furan rings is 1. The number of rotatable bonds is 11. The van der Waals surface area contributed by atoms with Crippen molar-refractivity contribution >= 4 is 58.5 Å². The summed E-state index contributed by atoms with van der Waals surface area (Å²) in [4.78, 5) is 39.5. The zero-order valence-corrected chi connectivity index (χ0v) is 24.5. The first-order valence-electron chi connectivity index (χ1n) is 12.7. The molecule has 9 nitrogen and oxygen atoms in total. The van der Waals surface area contributed by atoms with Crippen molar-refractivity contribution in [2.75, 3.05) is 24.9 Å². The molecule has 3 amide bonds. The summed E-state index contributed by atoms with van der Waals surface area (Å²) >= 11 is 7.55. The van der Waals surface area contributed by atoms with Crippen molar-refractivity contribution in [1.29, 1.82) is 0 Å². The van der Waals surface area contributed by atoms with Gasteiger partial charge in [-0.05, 0) is 61.5 Å². The van der Waals surface area contributed by atoms with Gasteiger partial charge in [0, 0.05) is 28.3 Å². The van der Waals surface area contributed by atoms with Gasteiger partial charge in [0.25, 0.3) is 11.8 Å². The number of carbonyl (C=O) groups excluding carboxylic acids is 3. The van der Waals surface area contributed by atoms with Crippen molar-refractivity contribution in [3.63, 3.8) is 0 Å². The lowest BCUT2D eigenvalue weighted by molar-refractivity contribution is -0.115. The molecule has 0 aliphatic rings. The molecule has 0 aliphatic carbocycles. The largest absolute Gasteiger partial charge is 0.495 e. The maximum absolute atomic E-state index is 13.1. The predicted octanol–water partition coefficient (Wildman–Crippen LogP) is 6.48. The van der Waals surface area contributed by atoms with Gasteiger partial charge in [0.1, 0.15) is 23.0 Å². The molecule has 0 radical (unpaired) electrons. The lowest BCUT2D eigenvalue weighted by atomic mass is 10.2. The lowest BCUT2D eigenvalue weighted by Crippen LogP contribution is -2.30. The van der Waals surface area contributed by atoms with Crippen LogP contribution in [-0.4, -0.2) is 37.2 Å². The van der Waals surface area contributed by atoms with E-state index in [4.69, 9.17) is 25.5 Å². The van der Waals surface area contributed by atoms with Crippen molar-refractivity contribution in [1.82, 2.24) is 5.32 Å². The van der Waals surface area contributed by atoms with Crippen LogP contribution >= 0.6 is 23.4 Å². The first kappa shape index (κ1) is 30.3. The number of amides is 3. The van der Waals surface area contributed by atoms with Gasteiger partial charge >= 0.3 is 0 Å². The van der Waals surface area contributed by atoms with E-state index in [0.717, 1.165) is 4.90 Å². The number of thioether (sulfide) groups is 1. The molecule has 1 atom stereocenters. The Morgan fingerprint density at radius 2 is 1.62 bits per heavy atom. The first-order valence-corrected chi connectivity index (χ1v) is 13.9. The molecule has 3 N–H and O–H groups in total. The van der Waals surface area contributed by atoms with E-state index in [-0.39, 0.29) is 11.6 Å². The minimum Gasteiger partial charge on any atom is -0.495 e. The Hall–Kier alpha value is -4.67. The first-order chi connectivity index (χ1) is 20.3. The summed E-state index contributed by atoms with van der Waals surface area (Å²) in [5, 5.41) is 8.16. The molecule has 1 aromatic heterocycles. The molecular weight excluding hydrogens is 578 g/mol. The third-order valence-electron chi connectivity index (χ3n) is 5.88. The zero-order valence-electron chi connectivity index (χ0n) is 23.0. The maximum Gasteiger partial charge on any atom is 0.272 e. The predicted molar refractivity (Wildman–Crippen MR) is 164 cm³/mol. The number of hydrogen-bond acceptors (Lipinski definition) is 7. The molecule has 1 heterocycles. The third-order valence-corrected chi connectivity index (χ3v) is 7.29. The highest BCUT2D eigenvalue weighted by molar-refractivity contribution is 8.00. The Morgan fingerprint density at radius 3 is 2.26 bits per heavy atom. The molecule has 216 valence electrons. The zero-order chi connectivity index (χ0) is 30.1. The molecule has 0 fully saturated rings. The van der Waals surface area contributed by atoms with E-state index in [2.05, 4.69) is 16.0 Å². The lowest BCUT2D eigenvalue weighted by Gasteiger charge is -2.16. The van der Waals surface area contributed by atoms with Crippen molar-refractivity contribution in [3.05, 3.63) is 107 Å². The minimum atomic E-state index is -0.532. The number of hydrogen-bond donors (Lipinski definition) is 3.